The molecule has 9 nitrogen and oxygen atoms in total. The van der Waals surface area contributed by atoms with E-state index in [9.17, 15) is 9.59 Å². The molecule has 9 heteroatoms. The number of likely N-dealkylation sites (N-methyl/N-ethyl adjacent to an activating group) is 2. The largest absolute Gasteiger partial charge is 0.469 e. The summed E-state index contributed by atoms with van der Waals surface area (Å²) < 4.78 is 10.4. The van der Waals surface area contributed by atoms with Crippen LogP contribution in [0.25, 0.3) is 0 Å². The van der Waals surface area contributed by atoms with Gasteiger partial charge in [-0.05, 0) is 38.9 Å². The van der Waals surface area contributed by atoms with Crippen LogP contribution in [0.4, 0.5) is 4.79 Å². The Morgan fingerprint density at radius 3 is 2.32 bits per heavy atom. The van der Waals surface area contributed by atoms with E-state index in [1.165, 1.54) is 20.2 Å². The molecule has 1 amide bonds. The molecule has 178 valence electrons. The molecule has 0 N–H and O–H groups in total. The number of rotatable bonds is 10. The molecule has 3 saturated heterocycles. The zero-order chi connectivity index (χ0) is 22.2. The number of carbonyl (C=O) groups is 2. The number of amides is 1. The summed E-state index contributed by atoms with van der Waals surface area (Å²) in [7, 11) is 3.25. The van der Waals surface area contributed by atoms with Crippen molar-refractivity contribution >= 4 is 12.1 Å². The number of methoxy groups -OCH3 is 1. The lowest BCUT2D eigenvalue weighted by molar-refractivity contribution is -0.140. The van der Waals surface area contributed by atoms with E-state index in [0.717, 1.165) is 71.6 Å². The number of cyclic esters (lactones) is 1. The first-order chi connectivity index (χ1) is 15.0. The second kappa shape index (κ2) is 12.0. The van der Waals surface area contributed by atoms with Crippen LogP contribution in [0.1, 0.15) is 32.6 Å². The zero-order valence-electron chi connectivity index (χ0n) is 19.6. The number of nitrogens with zero attached hydrogens (tertiary/aromatic N) is 5. The molecule has 3 fully saturated rings. The Kier molecular flexibility index (Phi) is 9.37. The standard InChI is InChI=1S/C22H41N5O4/c1-4-24-11-13-25(14-12-24)9-5-7-19-17-26(10-6-8-21(28)30-3)15-16-27(19)20-18-23(2)22(29)31-20/h19-20H,4-18H2,1-3H3. The van der Waals surface area contributed by atoms with Crippen molar-refractivity contribution in [3.63, 3.8) is 0 Å². The van der Waals surface area contributed by atoms with Gasteiger partial charge in [-0.2, -0.15) is 0 Å². The van der Waals surface area contributed by atoms with E-state index < -0.39 is 0 Å². The Hall–Kier alpha value is -1.42. The van der Waals surface area contributed by atoms with E-state index in [1.54, 1.807) is 11.9 Å². The van der Waals surface area contributed by atoms with E-state index in [0.29, 0.717) is 19.0 Å². The van der Waals surface area contributed by atoms with Crippen LogP contribution in [-0.2, 0) is 14.3 Å². The van der Waals surface area contributed by atoms with Gasteiger partial charge in [0, 0.05) is 65.3 Å². The van der Waals surface area contributed by atoms with Gasteiger partial charge in [0.15, 0.2) is 6.23 Å². The highest BCUT2D eigenvalue weighted by Gasteiger charge is 2.38. The Balaban J connectivity index is 1.49. The van der Waals surface area contributed by atoms with Crippen LogP contribution in [0.2, 0.25) is 0 Å². The van der Waals surface area contributed by atoms with E-state index >= 15 is 0 Å². The van der Waals surface area contributed by atoms with Crippen LogP contribution in [0, 0.1) is 0 Å². The number of hydrogen-bond donors (Lipinski definition) is 0. The molecule has 2 unspecified atom stereocenters. The quantitative estimate of drug-likeness (QED) is 0.462. The van der Waals surface area contributed by atoms with Gasteiger partial charge in [-0.1, -0.05) is 6.92 Å². The van der Waals surface area contributed by atoms with Crippen LogP contribution in [-0.4, -0.2) is 135 Å². The highest BCUT2D eigenvalue weighted by Crippen LogP contribution is 2.23. The highest BCUT2D eigenvalue weighted by molar-refractivity contribution is 5.69. The molecule has 3 heterocycles. The molecule has 2 atom stereocenters. The predicted octanol–water partition coefficient (Wildman–Crippen LogP) is 0.752. The fourth-order valence-corrected chi connectivity index (χ4v) is 4.93. The van der Waals surface area contributed by atoms with Crippen molar-refractivity contribution in [2.45, 2.75) is 44.9 Å². The number of ether oxygens (including phenoxy) is 2. The van der Waals surface area contributed by atoms with Crippen LogP contribution in [0.15, 0.2) is 0 Å². The van der Waals surface area contributed by atoms with Crippen LogP contribution in [0.5, 0.6) is 0 Å². The maximum absolute atomic E-state index is 11.9. The monoisotopic (exact) mass is 439 g/mol. The van der Waals surface area contributed by atoms with Crippen molar-refractivity contribution in [2.24, 2.45) is 0 Å². The minimum absolute atomic E-state index is 0.140. The van der Waals surface area contributed by atoms with Gasteiger partial charge in [-0.25, -0.2) is 4.79 Å². The Morgan fingerprint density at radius 1 is 1.00 bits per heavy atom. The molecule has 3 rings (SSSR count). The Morgan fingerprint density at radius 2 is 1.68 bits per heavy atom. The normalized spacial score (nSPS) is 26.9. The summed E-state index contributed by atoms with van der Waals surface area (Å²) in [6, 6.07) is 0.369. The fourth-order valence-electron chi connectivity index (χ4n) is 4.93. The maximum atomic E-state index is 11.9. The van der Waals surface area contributed by atoms with E-state index in [2.05, 4.69) is 26.5 Å². The predicted molar refractivity (Wildman–Crippen MR) is 119 cm³/mol. The smallest absolute Gasteiger partial charge is 0.411 e. The highest BCUT2D eigenvalue weighted by atomic mass is 16.6. The van der Waals surface area contributed by atoms with Gasteiger partial charge < -0.3 is 29.1 Å². The first-order valence-electron chi connectivity index (χ1n) is 11.9. The van der Waals surface area contributed by atoms with Gasteiger partial charge >= 0.3 is 12.1 Å². The first kappa shape index (κ1) is 24.2. The van der Waals surface area contributed by atoms with Gasteiger partial charge in [-0.3, -0.25) is 9.69 Å². The number of hydrogen-bond acceptors (Lipinski definition) is 8. The zero-order valence-corrected chi connectivity index (χ0v) is 19.6. The molecule has 0 spiro atoms. The van der Waals surface area contributed by atoms with Crippen molar-refractivity contribution in [1.29, 1.82) is 0 Å². The topological polar surface area (TPSA) is 68.8 Å². The number of esters is 1. The molecule has 0 saturated carbocycles. The third-order valence-corrected chi connectivity index (χ3v) is 6.97. The van der Waals surface area contributed by atoms with E-state index in [-0.39, 0.29) is 18.3 Å². The van der Waals surface area contributed by atoms with Crippen LogP contribution < -0.4 is 0 Å². The molecule has 31 heavy (non-hydrogen) atoms. The molecule has 0 aromatic rings. The van der Waals surface area contributed by atoms with Crippen LogP contribution >= 0.6 is 0 Å². The summed E-state index contributed by atoms with van der Waals surface area (Å²) >= 11 is 0. The van der Waals surface area contributed by atoms with Crippen molar-refractivity contribution in [3.8, 4) is 0 Å². The van der Waals surface area contributed by atoms with Gasteiger partial charge in [0.05, 0.1) is 13.7 Å². The van der Waals surface area contributed by atoms with Crippen molar-refractivity contribution in [3.05, 3.63) is 0 Å². The molecular formula is C22H41N5O4. The number of piperazine rings is 2. The fraction of sp³-hybridized carbons (Fsp3) is 0.909. The third kappa shape index (κ3) is 7.03. The Labute approximate surface area is 187 Å². The molecule has 0 aromatic heterocycles. The van der Waals surface area contributed by atoms with Gasteiger partial charge in [0.1, 0.15) is 0 Å². The second-order valence-electron chi connectivity index (χ2n) is 9.01. The van der Waals surface area contributed by atoms with Crippen molar-refractivity contribution < 1.29 is 19.1 Å². The van der Waals surface area contributed by atoms with Gasteiger partial charge in [0.25, 0.3) is 0 Å². The third-order valence-electron chi connectivity index (χ3n) is 6.97. The van der Waals surface area contributed by atoms with Crippen molar-refractivity contribution in [1.82, 2.24) is 24.5 Å². The van der Waals surface area contributed by atoms with E-state index in [4.69, 9.17) is 9.47 Å². The molecule has 3 aliphatic rings. The maximum Gasteiger partial charge on any atom is 0.411 e. The first-order valence-corrected chi connectivity index (χ1v) is 11.9. The summed E-state index contributed by atoms with van der Waals surface area (Å²) in [5.74, 6) is -0.140. The summed E-state index contributed by atoms with van der Waals surface area (Å²) in [4.78, 5) is 34.9. The average molecular weight is 440 g/mol. The van der Waals surface area contributed by atoms with Gasteiger partial charge in [-0.15, -0.1) is 0 Å². The molecule has 0 aliphatic carbocycles. The lowest BCUT2D eigenvalue weighted by atomic mass is 10.0. The summed E-state index contributed by atoms with van der Waals surface area (Å²) in [6.07, 6.45) is 3.17. The molecule has 0 aromatic carbocycles. The Bertz CT molecular complexity index is 584. The summed E-state index contributed by atoms with van der Waals surface area (Å²) in [5, 5.41) is 0. The average Bonchev–Trinajstić information content (AvgIpc) is 3.12. The minimum Gasteiger partial charge on any atom is -0.469 e. The lowest BCUT2D eigenvalue weighted by Gasteiger charge is -2.43. The summed E-state index contributed by atoms with van der Waals surface area (Å²) in [6.45, 7) is 13.5. The van der Waals surface area contributed by atoms with Crippen molar-refractivity contribution in [2.75, 3.05) is 86.1 Å². The second-order valence-corrected chi connectivity index (χ2v) is 9.01. The SMILES string of the molecule is CCN1CCN(CCCC2CN(CCCC(=O)OC)CCN2C2CN(C)C(=O)O2)CC1. The lowest BCUT2D eigenvalue weighted by Crippen LogP contribution is -2.57. The molecule has 3 aliphatic heterocycles. The minimum atomic E-state index is -0.224. The summed E-state index contributed by atoms with van der Waals surface area (Å²) in [5.41, 5.74) is 0. The van der Waals surface area contributed by atoms with Crippen LogP contribution in [0.3, 0.4) is 0 Å². The molecule has 0 bridgehead atoms. The molecule has 0 radical (unpaired) electrons. The molecular weight excluding hydrogens is 398 g/mol. The van der Waals surface area contributed by atoms with Gasteiger partial charge in [0.2, 0.25) is 0 Å². The number of carbonyl (C=O) groups excluding carboxylic acids is 2. The van der Waals surface area contributed by atoms with E-state index in [1.807, 2.05) is 0 Å².